The summed E-state index contributed by atoms with van der Waals surface area (Å²) in [4.78, 5) is 5.30. The number of aromatic nitrogens is 1. The van der Waals surface area contributed by atoms with Crippen LogP contribution >= 0.6 is 0 Å². The Labute approximate surface area is 85.3 Å². The van der Waals surface area contributed by atoms with Crippen LogP contribution in [0.3, 0.4) is 0 Å². The van der Waals surface area contributed by atoms with Gasteiger partial charge < -0.3 is 4.98 Å². The maximum Gasteiger partial charge on any atom is 0.0697 e. The van der Waals surface area contributed by atoms with Crippen molar-refractivity contribution in [1.29, 1.82) is 5.26 Å². The number of H-pyrrole nitrogens is 1. The summed E-state index contributed by atoms with van der Waals surface area (Å²) in [6.45, 7) is 5.55. The van der Waals surface area contributed by atoms with Crippen LogP contribution in [-0.4, -0.2) is 23.5 Å². The number of hydrogen-bond acceptors (Lipinski definition) is 2. The molecule has 3 heteroatoms. The highest BCUT2D eigenvalue weighted by atomic mass is 15.1. The van der Waals surface area contributed by atoms with E-state index in [1.165, 1.54) is 5.69 Å². The van der Waals surface area contributed by atoms with Gasteiger partial charge in [0.1, 0.15) is 0 Å². The molecule has 3 nitrogen and oxygen atoms in total. The van der Waals surface area contributed by atoms with E-state index in [4.69, 9.17) is 5.26 Å². The third-order valence-corrected chi connectivity index (χ3v) is 2.07. The van der Waals surface area contributed by atoms with E-state index >= 15 is 0 Å². The summed E-state index contributed by atoms with van der Waals surface area (Å²) >= 11 is 0. The molecule has 0 saturated heterocycles. The van der Waals surface area contributed by atoms with Crippen molar-refractivity contribution in [2.45, 2.75) is 20.4 Å². The van der Waals surface area contributed by atoms with Crippen molar-refractivity contribution >= 4 is 0 Å². The van der Waals surface area contributed by atoms with Gasteiger partial charge >= 0.3 is 0 Å². The quantitative estimate of drug-likeness (QED) is 0.791. The second-order valence-corrected chi connectivity index (χ2v) is 4.36. The molecule has 1 aromatic heterocycles. The van der Waals surface area contributed by atoms with Gasteiger partial charge in [0, 0.05) is 25.0 Å². The largest absolute Gasteiger partial charge is 0.364 e. The topological polar surface area (TPSA) is 42.8 Å². The molecule has 0 spiro atoms. The van der Waals surface area contributed by atoms with Gasteiger partial charge in [0.25, 0.3) is 0 Å². The van der Waals surface area contributed by atoms with Crippen LogP contribution in [0.15, 0.2) is 18.3 Å². The highest BCUT2D eigenvalue weighted by Crippen LogP contribution is 2.15. The Hall–Kier alpha value is -1.27. The Morgan fingerprint density at radius 2 is 2.29 bits per heavy atom. The van der Waals surface area contributed by atoms with Gasteiger partial charge in [-0.05, 0) is 33.0 Å². The summed E-state index contributed by atoms with van der Waals surface area (Å²) in [5, 5.41) is 8.88. The zero-order valence-electron chi connectivity index (χ0n) is 9.04. The SMILES string of the molecule is CN(Cc1ccc[nH]1)CC(C)(C)C#N. The number of nitrogens with one attached hydrogen (secondary N) is 1. The molecule has 1 rings (SSSR count). The summed E-state index contributed by atoms with van der Waals surface area (Å²) in [6.07, 6.45) is 1.92. The van der Waals surface area contributed by atoms with Crippen molar-refractivity contribution < 1.29 is 0 Å². The highest BCUT2D eigenvalue weighted by molar-refractivity contribution is 5.03. The minimum Gasteiger partial charge on any atom is -0.364 e. The fourth-order valence-electron chi connectivity index (χ4n) is 1.52. The van der Waals surface area contributed by atoms with Crippen molar-refractivity contribution in [3.8, 4) is 6.07 Å². The molecule has 1 heterocycles. The number of hydrogen-bond donors (Lipinski definition) is 1. The number of nitriles is 1. The van der Waals surface area contributed by atoms with Gasteiger partial charge in [0.2, 0.25) is 0 Å². The summed E-state index contributed by atoms with van der Waals surface area (Å²) in [5.41, 5.74) is 0.905. The molecule has 76 valence electrons. The van der Waals surface area contributed by atoms with Crippen molar-refractivity contribution in [2.75, 3.05) is 13.6 Å². The first-order chi connectivity index (χ1) is 6.53. The van der Waals surface area contributed by atoms with E-state index < -0.39 is 0 Å². The van der Waals surface area contributed by atoms with E-state index in [1.54, 1.807) is 0 Å². The lowest BCUT2D eigenvalue weighted by atomic mass is 9.95. The number of rotatable bonds is 4. The van der Waals surface area contributed by atoms with E-state index in [1.807, 2.05) is 33.2 Å². The second kappa shape index (κ2) is 4.30. The van der Waals surface area contributed by atoms with Gasteiger partial charge in [0.05, 0.1) is 11.5 Å². The molecule has 0 fully saturated rings. The maximum atomic E-state index is 8.88. The molecule has 0 aromatic carbocycles. The number of aromatic amines is 1. The standard InChI is InChI=1S/C11H17N3/c1-11(2,8-12)9-14(3)7-10-5-4-6-13-10/h4-6,13H,7,9H2,1-3H3. The van der Waals surface area contributed by atoms with Crippen LogP contribution in [0, 0.1) is 16.7 Å². The molecule has 1 N–H and O–H groups in total. The fraction of sp³-hybridized carbons (Fsp3) is 0.545. The van der Waals surface area contributed by atoms with Gasteiger partial charge in [-0.15, -0.1) is 0 Å². The predicted octanol–water partition coefficient (Wildman–Crippen LogP) is 2.00. The molecule has 0 atom stereocenters. The molecule has 0 bridgehead atoms. The summed E-state index contributed by atoms with van der Waals surface area (Å²) < 4.78 is 0. The average Bonchev–Trinajstić information content (AvgIpc) is 2.55. The lowest BCUT2D eigenvalue weighted by molar-refractivity contribution is 0.247. The van der Waals surface area contributed by atoms with E-state index in [-0.39, 0.29) is 5.41 Å². The van der Waals surface area contributed by atoms with Crippen LogP contribution in [0.4, 0.5) is 0 Å². The normalized spacial score (nSPS) is 11.6. The van der Waals surface area contributed by atoms with Crippen LogP contribution in [0.1, 0.15) is 19.5 Å². The number of nitrogens with zero attached hydrogens (tertiary/aromatic N) is 2. The first kappa shape index (κ1) is 10.8. The Kier molecular flexibility index (Phi) is 3.32. The second-order valence-electron chi connectivity index (χ2n) is 4.36. The molecule has 0 aliphatic rings. The van der Waals surface area contributed by atoms with Crippen LogP contribution < -0.4 is 0 Å². The fourth-order valence-corrected chi connectivity index (χ4v) is 1.52. The lowest BCUT2D eigenvalue weighted by Crippen LogP contribution is -2.30. The van der Waals surface area contributed by atoms with Crippen LogP contribution in [0.2, 0.25) is 0 Å². The zero-order chi connectivity index (χ0) is 10.6. The van der Waals surface area contributed by atoms with Crippen LogP contribution in [0.25, 0.3) is 0 Å². The molecule has 0 aliphatic heterocycles. The van der Waals surface area contributed by atoms with Crippen molar-refractivity contribution in [2.24, 2.45) is 5.41 Å². The minimum absolute atomic E-state index is 0.276. The van der Waals surface area contributed by atoms with Gasteiger partial charge in [-0.2, -0.15) is 5.26 Å². The smallest absolute Gasteiger partial charge is 0.0697 e. The van der Waals surface area contributed by atoms with Crippen LogP contribution in [0.5, 0.6) is 0 Å². The molecular formula is C11H17N3. The Bertz CT molecular complexity index is 306. The summed E-state index contributed by atoms with van der Waals surface area (Å²) in [5.74, 6) is 0. The van der Waals surface area contributed by atoms with Crippen LogP contribution in [-0.2, 0) is 6.54 Å². The van der Waals surface area contributed by atoms with E-state index in [9.17, 15) is 0 Å². The van der Waals surface area contributed by atoms with Gasteiger partial charge in [0.15, 0.2) is 0 Å². The average molecular weight is 191 g/mol. The monoisotopic (exact) mass is 191 g/mol. The first-order valence-corrected chi connectivity index (χ1v) is 4.75. The molecule has 0 radical (unpaired) electrons. The molecule has 0 saturated carbocycles. The predicted molar refractivity (Wildman–Crippen MR) is 56.5 cm³/mol. The third kappa shape index (κ3) is 3.23. The van der Waals surface area contributed by atoms with Crippen molar-refractivity contribution in [1.82, 2.24) is 9.88 Å². The molecule has 14 heavy (non-hydrogen) atoms. The molecule has 0 unspecified atom stereocenters. The Balaban J connectivity index is 2.45. The van der Waals surface area contributed by atoms with E-state index in [0.29, 0.717) is 0 Å². The van der Waals surface area contributed by atoms with E-state index in [2.05, 4.69) is 22.0 Å². The maximum absolute atomic E-state index is 8.88. The lowest BCUT2D eigenvalue weighted by Gasteiger charge is -2.23. The van der Waals surface area contributed by atoms with Crippen molar-refractivity contribution in [3.63, 3.8) is 0 Å². The molecule has 0 aliphatic carbocycles. The van der Waals surface area contributed by atoms with E-state index in [0.717, 1.165) is 13.1 Å². The molecular weight excluding hydrogens is 174 g/mol. The Morgan fingerprint density at radius 3 is 2.79 bits per heavy atom. The van der Waals surface area contributed by atoms with Gasteiger partial charge in [-0.1, -0.05) is 0 Å². The zero-order valence-corrected chi connectivity index (χ0v) is 9.04. The van der Waals surface area contributed by atoms with Crippen molar-refractivity contribution in [3.05, 3.63) is 24.0 Å². The minimum atomic E-state index is -0.276. The van der Waals surface area contributed by atoms with Gasteiger partial charge in [-0.3, -0.25) is 4.90 Å². The molecule has 0 amide bonds. The first-order valence-electron chi connectivity index (χ1n) is 4.75. The summed E-state index contributed by atoms with van der Waals surface area (Å²) in [6, 6.07) is 6.34. The summed E-state index contributed by atoms with van der Waals surface area (Å²) in [7, 11) is 2.03. The Morgan fingerprint density at radius 1 is 1.57 bits per heavy atom. The highest BCUT2D eigenvalue weighted by Gasteiger charge is 2.19. The third-order valence-electron chi connectivity index (χ3n) is 2.07. The van der Waals surface area contributed by atoms with Gasteiger partial charge in [-0.25, -0.2) is 0 Å². The molecule has 1 aromatic rings.